The zero-order valence-electron chi connectivity index (χ0n) is 12.3. The molecule has 0 aliphatic carbocycles. The van der Waals surface area contributed by atoms with Crippen molar-refractivity contribution in [2.24, 2.45) is 0 Å². The predicted molar refractivity (Wildman–Crippen MR) is 79.5 cm³/mol. The van der Waals surface area contributed by atoms with Crippen molar-refractivity contribution in [3.05, 3.63) is 35.9 Å². The average molecular weight is 290 g/mol. The molecule has 114 valence electrons. The normalized spacial score (nSPS) is 17.3. The van der Waals surface area contributed by atoms with Crippen LogP contribution in [0.5, 0.6) is 0 Å². The van der Waals surface area contributed by atoms with Gasteiger partial charge in [-0.25, -0.2) is 0 Å². The molecule has 0 spiro atoms. The maximum atomic E-state index is 11.9. The van der Waals surface area contributed by atoms with E-state index in [2.05, 4.69) is 5.32 Å². The van der Waals surface area contributed by atoms with Crippen molar-refractivity contribution in [1.82, 2.24) is 10.2 Å². The molecule has 1 aromatic carbocycles. The van der Waals surface area contributed by atoms with E-state index in [4.69, 9.17) is 0 Å². The highest BCUT2D eigenvalue weighted by molar-refractivity contribution is 5.85. The SMILES string of the molecule is CC(O)(CC(=O)NCC(=O)N1CCCC1)c1ccccc1. The van der Waals surface area contributed by atoms with E-state index < -0.39 is 5.60 Å². The molecule has 1 saturated heterocycles. The second-order valence-corrected chi connectivity index (χ2v) is 5.68. The Morgan fingerprint density at radius 2 is 1.86 bits per heavy atom. The van der Waals surface area contributed by atoms with E-state index in [1.807, 2.05) is 18.2 Å². The van der Waals surface area contributed by atoms with Gasteiger partial charge in [-0.2, -0.15) is 0 Å². The molecule has 0 radical (unpaired) electrons. The van der Waals surface area contributed by atoms with Gasteiger partial charge in [0.1, 0.15) is 0 Å². The molecule has 0 bridgehead atoms. The predicted octanol–water partition coefficient (Wildman–Crippen LogP) is 1.02. The second kappa shape index (κ2) is 6.72. The van der Waals surface area contributed by atoms with Crippen molar-refractivity contribution in [3.8, 4) is 0 Å². The van der Waals surface area contributed by atoms with Gasteiger partial charge in [0.15, 0.2) is 0 Å². The van der Waals surface area contributed by atoms with E-state index in [0.29, 0.717) is 5.56 Å². The van der Waals surface area contributed by atoms with E-state index in [-0.39, 0.29) is 24.8 Å². The van der Waals surface area contributed by atoms with Gasteiger partial charge < -0.3 is 15.3 Å². The summed E-state index contributed by atoms with van der Waals surface area (Å²) in [6.45, 7) is 3.15. The third-order valence-electron chi connectivity index (χ3n) is 3.80. The van der Waals surface area contributed by atoms with Gasteiger partial charge in [-0.05, 0) is 25.3 Å². The summed E-state index contributed by atoms with van der Waals surface area (Å²) in [6.07, 6.45) is 2.00. The molecule has 1 aromatic rings. The standard InChI is InChI=1S/C16H22N2O3/c1-16(21,13-7-3-2-4-8-13)11-14(19)17-12-15(20)18-9-5-6-10-18/h2-4,7-8,21H,5-6,9-12H2,1H3,(H,17,19). The molecule has 1 atom stereocenters. The molecule has 5 nitrogen and oxygen atoms in total. The number of nitrogens with one attached hydrogen (secondary N) is 1. The number of amides is 2. The largest absolute Gasteiger partial charge is 0.385 e. The number of carbonyl (C=O) groups is 2. The van der Waals surface area contributed by atoms with Crippen molar-refractivity contribution in [2.75, 3.05) is 19.6 Å². The number of nitrogens with zero attached hydrogens (tertiary/aromatic N) is 1. The van der Waals surface area contributed by atoms with Crippen molar-refractivity contribution in [3.63, 3.8) is 0 Å². The minimum atomic E-state index is -1.23. The molecular formula is C16H22N2O3. The van der Waals surface area contributed by atoms with Crippen molar-refractivity contribution in [2.45, 2.75) is 31.8 Å². The molecule has 5 heteroatoms. The van der Waals surface area contributed by atoms with Crippen LogP contribution in [-0.4, -0.2) is 41.5 Å². The molecule has 1 fully saturated rings. The Morgan fingerprint density at radius 1 is 1.24 bits per heavy atom. The fourth-order valence-corrected chi connectivity index (χ4v) is 2.53. The number of aliphatic hydroxyl groups is 1. The Balaban J connectivity index is 1.82. The van der Waals surface area contributed by atoms with Crippen LogP contribution < -0.4 is 5.32 Å². The van der Waals surface area contributed by atoms with Crippen LogP contribution in [0.4, 0.5) is 0 Å². The Labute approximate surface area is 125 Å². The molecule has 1 unspecified atom stereocenters. The lowest BCUT2D eigenvalue weighted by Crippen LogP contribution is -2.40. The van der Waals surface area contributed by atoms with Gasteiger partial charge in [0.05, 0.1) is 18.6 Å². The Morgan fingerprint density at radius 3 is 2.48 bits per heavy atom. The average Bonchev–Trinajstić information content (AvgIpc) is 2.99. The summed E-state index contributed by atoms with van der Waals surface area (Å²) in [6, 6.07) is 9.05. The van der Waals surface area contributed by atoms with Crippen LogP contribution in [0.15, 0.2) is 30.3 Å². The quantitative estimate of drug-likeness (QED) is 0.851. The number of hydrogen-bond donors (Lipinski definition) is 2. The van der Waals surface area contributed by atoms with Crippen LogP contribution >= 0.6 is 0 Å². The number of carbonyl (C=O) groups excluding carboxylic acids is 2. The molecule has 2 amide bonds. The third-order valence-corrected chi connectivity index (χ3v) is 3.80. The summed E-state index contributed by atoms with van der Waals surface area (Å²) >= 11 is 0. The molecule has 1 heterocycles. The van der Waals surface area contributed by atoms with Gasteiger partial charge in [-0.15, -0.1) is 0 Å². The maximum absolute atomic E-state index is 11.9. The van der Waals surface area contributed by atoms with Crippen LogP contribution in [0.25, 0.3) is 0 Å². The van der Waals surface area contributed by atoms with E-state index in [0.717, 1.165) is 25.9 Å². The van der Waals surface area contributed by atoms with Crippen LogP contribution in [0.2, 0.25) is 0 Å². The van der Waals surface area contributed by atoms with E-state index in [9.17, 15) is 14.7 Å². The first-order chi connectivity index (χ1) is 9.99. The Bertz CT molecular complexity index is 494. The van der Waals surface area contributed by atoms with Crippen LogP contribution in [0.3, 0.4) is 0 Å². The Kier molecular flexibility index (Phi) is 4.96. The highest BCUT2D eigenvalue weighted by Crippen LogP contribution is 2.23. The highest BCUT2D eigenvalue weighted by Gasteiger charge is 2.27. The maximum Gasteiger partial charge on any atom is 0.241 e. The second-order valence-electron chi connectivity index (χ2n) is 5.68. The smallest absolute Gasteiger partial charge is 0.241 e. The summed E-state index contributed by atoms with van der Waals surface area (Å²) in [4.78, 5) is 25.5. The van der Waals surface area contributed by atoms with E-state index in [1.54, 1.807) is 24.0 Å². The van der Waals surface area contributed by atoms with Crippen molar-refractivity contribution >= 4 is 11.8 Å². The summed E-state index contributed by atoms with van der Waals surface area (Å²) in [5.41, 5.74) is -0.548. The molecule has 1 aliphatic heterocycles. The fourth-order valence-electron chi connectivity index (χ4n) is 2.53. The molecule has 1 aliphatic rings. The summed E-state index contributed by atoms with van der Waals surface area (Å²) in [5, 5.41) is 13.0. The first kappa shape index (κ1) is 15.5. The zero-order valence-corrected chi connectivity index (χ0v) is 12.3. The topological polar surface area (TPSA) is 69.6 Å². The van der Waals surface area contributed by atoms with E-state index in [1.165, 1.54) is 0 Å². The van der Waals surface area contributed by atoms with Gasteiger partial charge in [0.2, 0.25) is 11.8 Å². The lowest BCUT2D eigenvalue weighted by molar-refractivity contribution is -0.133. The number of rotatable bonds is 5. The summed E-state index contributed by atoms with van der Waals surface area (Å²) in [7, 11) is 0. The highest BCUT2D eigenvalue weighted by atomic mass is 16.3. The fraction of sp³-hybridized carbons (Fsp3) is 0.500. The van der Waals surface area contributed by atoms with E-state index >= 15 is 0 Å². The summed E-state index contributed by atoms with van der Waals surface area (Å²) in [5.74, 6) is -0.378. The monoisotopic (exact) mass is 290 g/mol. The van der Waals surface area contributed by atoms with Crippen LogP contribution in [0.1, 0.15) is 31.7 Å². The van der Waals surface area contributed by atoms with Gasteiger partial charge in [-0.3, -0.25) is 9.59 Å². The molecule has 2 N–H and O–H groups in total. The number of hydrogen-bond acceptors (Lipinski definition) is 3. The lowest BCUT2D eigenvalue weighted by atomic mass is 9.92. The third kappa shape index (κ3) is 4.29. The van der Waals surface area contributed by atoms with Gasteiger partial charge in [0, 0.05) is 13.1 Å². The molecule has 21 heavy (non-hydrogen) atoms. The van der Waals surface area contributed by atoms with Gasteiger partial charge >= 0.3 is 0 Å². The van der Waals surface area contributed by atoms with Crippen molar-refractivity contribution < 1.29 is 14.7 Å². The minimum absolute atomic E-state index is 0.00367. The Hall–Kier alpha value is -1.88. The first-order valence-electron chi connectivity index (χ1n) is 7.31. The molecule has 0 saturated carbocycles. The van der Waals surface area contributed by atoms with Gasteiger partial charge in [0.25, 0.3) is 0 Å². The summed E-state index contributed by atoms with van der Waals surface area (Å²) < 4.78 is 0. The first-order valence-corrected chi connectivity index (χ1v) is 7.31. The number of benzene rings is 1. The van der Waals surface area contributed by atoms with Crippen LogP contribution in [0, 0.1) is 0 Å². The van der Waals surface area contributed by atoms with Crippen LogP contribution in [-0.2, 0) is 15.2 Å². The zero-order chi connectivity index (χ0) is 15.3. The van der Waals surface area contributed by atoms with Gasteiger partial charge in [-0.1, -0.05) is 30.3 Å². The molecule has 0 aromatic heterocycles. The number of likely N-dealkylation sites (tertiary alicyclic amines) is 1. The molecular weight excluding hydrogens is 268 g/mol. The lowest BCUT2D eigenvalue weighted by Gasteiger charge is -2.23. The minimum Gasteiger partial charge on any atom is -0.385 e. The van der Waals surface area contributed by atoms with Crippen molar-refractivity contribution in [1.29, 1.82) is 0 Å². The molecule has 2 rings (SSSR count).